The van der Waals surface area contributed by atoms with E-state index in [1.54, 1.807) is 4.31 Å². The Bertz CT molecular complexity index is 363. The van der Waals surface area contributed by atoms with Gasteiger partial charge in [0.1, 0.15) is 0 Å². The van der Waals surface area contributed by atoms with Gasteiger partial charge in [-0.1, -0.05) is 19.8 Å². The Morgan fingerprint density at radius 3 is 2.56 bits per heavy atom. The minimum atomic E-state index is -3.19. The predicted molar refractivity (Wildman–Crippen MR) is 73.7 cm³/mol. The minimum absolute atomic E-state index is 0.243. The van der Waals surface area contributed by atoms with Crippen molar-refractivity contribution in [2.75, 3.05) is 13.1 Å². The van der Waals surface area contributed by atoms with Crippen molar-refractivity contribution in [2.24, 2.45) is 11.7 Å². The van der Waals surface area contributed by atoms with Gasteiger partial charge in [0.15, 0.2) is 0 Å². The highest BCUT2D eigenvalue weighted by Gasteiger charge is 2.41. The lowest BCUT2D eigenvalue weighted by molar-refractivity contribution is 0.128. The summed E-state index contributed by atoms with van der Waals surface area (Å²) < 4.78 is 27.1. The molecule has 2 aliphatic rings. The molecule has 5 heteroatoms. The van der Waals surface area contributed by atoms with Gasteiger partial charge >= 0.3 is 0 Å². The Morgan fingerprint density at radius 1 is 1.22 bits per heavy atom. The Hall–Kier alpha value is -0.130. The third-order valence-corrected chi connectivity index (χ3v) is 7.13. The van der Waals surface area contributed by atoms with Crippen LogP contribution in [0.15, 0.2) is 0 Å². The van der Waals surface area contributed by atoms with Crippen molar-refractivity contribution in [3.63, 3.8) is 0 Å². The molecular weight excluding hydrogens is 248 g/mol. The first-order chi connectivity index (χ1) is 8.61. The standard InChI is InChI=1S/C13H26N2O2S/c1-2-12(10-14)18(16,17)15-9-5-7-11-6-3-4-8-13(11)15/h11-13H,2-10,14H2,1H3/t11-,12?,13-/m1/s1. The highest BCUT2D eigenvalue weighted by atomic mass is 32.2. The molecule has 1 heterocycles. The summed E-state index contributed by atoms with van der Waals surface area (Å²) in [6.07, 6.45) is 7.53. The van der Waals surface area contributed by atoms with Gasteiger partial charge in [0, 0.05) is 19.1 Å². The molecule has 1 aliphatic carbocycles. The summed E-state index contributed by atoms with van der Waals surface area (Å²) >= 11 is 0. The Morgan fingerprint density at radius 2 is 1.89 bits per heavy atom. The topological polar surface area (TPSA) is 63.4 Å². The molecule has 0 aromatic heterocycles. The number of hydrogen-bond acceptors (Lipinski definition) is 3. The van der Waals surface area contributed by atoms with E-state index in [2.05, 4.69) is 0 Å². The molecule has 0 aromatic carbocycles. The number of fused-ring (bicyclic) bond motifs is 1. The Balaban J connectivity index is 2.19. The van der Waals surface area contributed by atoms with Gasteiger partial charge in [0.05, 0.1) is 5.25 Å². The summed E-state index contributed by atoms with van der Waals surface area (Å²) in [6, 6.07) is 0.262. The van der Waals surface area contributed by atoms with Gasteiger partial charge < -0.3 is 5.73 Å². The number of nitrogens with zero attached hydrogens (tertiary/aromatic N) is 1. The molecule has 1 saturated heterocycles. The number of sulfonamides is 1. The lowest BCUT2D eigenvalue weighted by Gasteiger charge is -2.44. The maximum absolute atomic E-state index is 12.6. The fourth-order valence-corrected chi connectivity index (χ4v) is 5.67. The molecule has 2 N–H and O–H groups in total. The molecule has 0 spiro atoms. The summed E-state index contributed by atoms with van der Waals surface area (Å²) in [5.41, 5.74) is 5.64. The number of nitrogens with two attached hydrogens (primary N) is 1. The molecule has 0 aromatic rings. The van der Waals surface area contributed by atoms with Crippen LogP contribution in [0, 0.1) is 5.92 Å². The molecule has 0 amide bonds. The lowest BCUT2D eigenvalue weighted by atomic mass is 9.79. The molecule has 106 valence electrons. The van der Waals surface area contributed by atoms with Crippen molar-refractivity contribution in [3.05, 3.63) is 0 Å². The van der Waals surface area contributed by atoms with Crippen LogP contribution in [-0.4, -0.2) is 37.1 Å². The second-order valence-electron chi connectivity index (χ2n) is 5.68. The van der Waals surface area contributed by atoms with Crippen molar-refractivity contribution >= 4 is 10.0 Å². The highest BCUT2D eigenvalue weighted by Crippen LogP contribution is 2.37. The molecule has 4 nitrogen and oxygen atoms in total. The highest BCUT2D eigenvalue weighted by molar-refractivity contribution is 7.89. The third kappa shape index (κ3) is 2.58. The molecule has 3 atom stereocenters. The summed E-state index contributed by atoms with van der Waals surface area (Å²) in [6.45, 7) is 2.87. The first-order valence-electron chi connectivity index (χ1n) is 7.32. The van der Waals surface area contributed by atoms with Crippen LogP contribution in [0.5, 0.6) is 0 Å². The first kappa shape index (κ1) is 14.3. The number of rotatable bonds is 4. The van der Waals surface area contributed by atoms with Crippen LogP contribution in [0.3, 0.4) is 0 Å². The van der Waals surface area contributed by atoms with Gasteiger partial charge in [-0.3, -0.25) is 0 Å². The molecular formula is C13H26N2O2S. The van der Waals surface area contributed by atoms with E-state index in [4.69, 9.17) is 5.73 Å². The van der Waals surface area contributed by atoms with Gasteiger partial charge in [-0.2, -0.15) is 4.31 Å². The summed E-state index contributed by atoms with van der Waals surface area (Å²) in [4.78, 5) is 0. The van der Waals surface area contributed by atoms with E-state index >= 15 is 0 Å². The average molecular weight is 274 g/mol. The largest absolute Gasteiger partial charge is 0.329 e. The van der Waals surface area contributed by atoms with Crippen LogP contribution in [0.2, 0.25) is 0 Å². The molecule has 0 radical (unpaired) electrons. The van der Waals surface area contributed by atoms with Crippen LogP contribution in [0.4, 0.5) is 0 Å². The van der Waals surface area contributed by atoms with Crippen LogP contribution in [0.1, 0.15) is 51.9 Å². The van der Waals surface area contributed by atoms with Crippen molar-refractivity contribution in [3.8, 4) is 0 Å². The normalized spacial score (nSPS) is 31.9. The van der Waals surface area contributed by atoms with E-state index in [1.807, 2.05) is 6.92 Å². The number of piperidine rings is 1. The number of hydrogen-bond donors (Lipinski definition) is 1. The van der Waals surface area contributed by atoms with Gasteiger partial charge in [-0.15, -0.1) is 0 Å². The fourth-order valence-electron chi connectivity index (χ4n) is 3.59. The van der Waals surface area contributed by atoms with Crippen molar-refractivity contribution < 1.29 is 8.42 Å². The predicted octanol–water partition coefficient (Wildman–Crippen LogP) is 1.71. The zero-order valence-corrected chi connectivity index (χ0v) is 12.2. The quantitative estimate of drug-likeness (QED) is 0.849. The summed E-state index contributed by atoms with van der Waals surface area (Å²) in [5, 5.41) is -0.391. The molecule has 2 fully saturated rings. The van der Waals surface area contributed by atoms with Crippen LogP contribution in [-0.2, 0) is 10.0 Å². The van der Waals surface area contributed by atoms with Crippen LogP contribution < -0.4 is 5.73 Å². The summed E-state index contributed by atoms with van der Waals surface area (Å²) in [7, 11) is -3.19. The first-order valence-corrected chi connectivity index (χ1v) is 8.82. The van der Waals surface area contributed by atoms with Gasteiger partial charge in [0.25, 0.3) is 0 Å². The lowest BCUT2D eigenvalue weighted by Crippen LogP contribution is -2.53. The van der Waals surface area contributed by atoms with Crippen molar-refractivity contribution in [1.29, 1.82) is 0 Å². The molecule has 1 unspecified atom stereocenters. The van der Waals surface area contributed by atoms with Gasteiger partial charge in [0.2, 0.25) is 10.0 Å². The van der Waals surface area contributed by atoms with E-state index < -0.39 is 15.3 Å². The summed E-state index contributed by atoms with van der Waals surface area (Å²) in [5.74, 6) is 0.595. The molecule has 1 saturated carbocycles. The van der Waals surface area contributed by atoms with E-state index in [1.165, 1.54) is 25.7 Å². The Labute approximate surface area is 111 Å². The minimum Gasteiger partial charge on any atom is -0.329 e. The Kier molecular flexibility index (Phi) is 4.67. The maximum atomic E-state index is 12.6. The van der Waals surface area contributed by atoms with E-state index in [9.17, 15) is 8.42 Å². The molecule has 2 rings (SSSR count). The average Bonchev–Trinajstić information content (AvgIpc) is 2.39. The third-order valence-electron chi connectivity index (χ3n) is 4.66. The molecule has 0 bridgehead atoms. The van der Waals surface area contributed by atoms with E-state index in [-0.39, 0.29) is 12.6 Å². The van der Waals surface area contributed by atoms with Crippen molar-refractivity contribution in [2.45, 2.75) is 63.2 Å². The van der Waals surface area contributed by atoms with Crippen molar-refractivity contribution in [1.82, 2.24) is 4.31 Å². The second kappa shape index (κ2) is 5.88. The zero-order valence-electron chi connectivity index (χ0n) is 11.3. The van der Waals surface area contributed by atoms with Gasteiger partial charge in [-0.25, -0.2) is 8.42 Å². The van der Waals surface area contributed by atoms with Gasteiger partial charge in [-0.05, 0) is 38.0 Å². The van der Waals surface area contributed by atoms with E-state index in [0.717, 1.165) is 12.8 Å². The maximum Gasteiger partial charge on any atom is 0.218 e. The van der Waals surface area contributed by atoms with E-state index in [0.29, 0.717) is 18.9 Å². The monoisotopic (exact) mass is 274 g/mol. The molecule has 1 aliphatic heterocycles. The molecule has 18 heavy (non-hydrogen) atoms. The SMILES string of the molecule is CCC(CN)S(=O)(=O)N1CCC[C@H]2CCCC[C@H]21. The van der Waals surface area contributed by atoms with Crippen LogP contribution in [0.25, 0.3) is 0 Å². The zero-order chi connectivity index (χ0) is 13.2. The van der Waals surface area contributed by atoms with Crippen LogP contribution >= 0.6 is 0 Å². The second-order valence-corrected chi connectivity index (χ2v) is 7.84. The fraction of sp³-hybridized carbons (Fsp3) is 1.00. The smallest absolute Gasteiger partial charge is 0.218 e.